The van der Waals surface area contributed by atoms with Gasteiger partial charge in [-0.3, -0.25) is 9.69 Å². The molecule has 1 spiro atoms. The smallest absolute Gasteiger partial charge is 0.261 e. The van der Waals surface area contributed by atoms with Crippen molar-refractivity contribution in [3.63, 3.8) is 0 Å². The summed E-state index contributed by atoms with van der Waals surface area (Å²) in [6.07, 6.45) is 4.37. The van der Waals surface area contributed by atoms with Crippen molar-refractivity contribution in [1.82, 2.24) is 9.80 Å². The number of benzene rings is 1. The van der Waals surface area contributed by atoms with Gasteiger partial charge >= 0.3 is 0 Å². The number of alkyl halides is 2. The van der Waals surface area contributed by atoms with E-state index in [0.717, 1.165) is 24.8 Å². The SMILES string of the molecule is COCCN1CCC[C@]2(CN(Cc3ccc4c(c3)CCC4)CC(F)(F)C2)C1=O. The zero-order valence-corrected chi connectivity index (χ0v) is 16.7. The maximum absolute atomic E-state index is 14.7. The molecule has 6 heteroatoms. The van der Waals surface area contributed by atoms with Crippen LogP contribution in [0.25, 0.3) is 0 Å². The molecule has 0 aromatic heterocycles. The number of likely N-dealkylation sites (tertiary alicyclic amines) is 2. The van der Waals surface area contributed by atoms with Crippen molar-refractivity contribution < 1.29 is 18.3 Å². The number of halogens is 2. The summed E-state index contributed by atoms with van der Waals surface area (Å²) in [6, 6.07) is 6.39. The van der Waals surface area contributed by atoms with Gasteiger partial charge in [0.15, 0.2) is 0 Å². The van der Waals surface area contributed by atoms with Gasteiger partial charge < -0.3 is 9.64 Å². The number of carbonyl (C=O) groups excluding carboxylic acids is 1. The molecular formula is C22H30F2N2O2. The lowest BCUT2D eigenvalue weighted by molar-refractivity contribution is -0.170. The summed E-state index contributed by atoms with van der Waals surface area (Å²) < 4.78 is 34.5. The monoisotopic (exact) mass is 392 g/mol. The summed E-state index contributed by atoms with van der Waals surface area (Å²) in [5.74, 6) is -2.95. The Morgan fingerprint density at radius 2 is 1.96 bits per heavy atom. The van der Waals surface area contributed by atoms with Gasteiger partial charge in [0.05, 0.1) is 18.6 Å². The van der Waals surface area contributed by atoms with E-state index in [-0.39, 0.29) is 18.9 Å². The third-order valence-electron chi connectivity index (χ3n) is 6.54. The molecule has 4 rings (SSSR count). The molecule has 0 radical (unpaired) electrons. The first-order valence-corrected chi connectivity index (χ1v) is 10.4. The summed E-state index contributed by atoms with van der Waals surface area (Å²) >= 11 is 0. The zero-order valence-electron chi connectivity index (χ0n) is 16.7. The predicted octanol–water partition coefficient (Wildman–Crippen LogP) is 3.27. The molecule has 1 amide bonds. The molecule has 1 atom stereocenters. The number of nitrogens with zero attached hydrogens (tertiary/aromatic N) is 2. The Hall–Kier alpha value is -1.53. The Kier molecular flexibility index (Phi) is 5.45. The number of hydrogen-bond donors (Lipinski definition) is 0. The first-order valence-electron chi connectivity index (χ1n) is 10.4. The van der Waals surface area contributed by atoms with E-state index in [4.69, 9.17) is 4.74 Å². The van der Waals surface area contributed by atoms with Gasteiger partial charge in [0.2, 0.25) is 5.91 Å². The maximum Gasteiger partial charge on any atom is 0.261 e. The molecule has 2 heterocycles. The van der Waals surface area contributed by atoms with Gasteiger partial charge in [0, 0.05) is 39.7 Å². The van der Waals surface area contributed by atoms with Crippen molar-refractivity contribution in [3.05, 3.63) is 34.9 Å². The van der Waals surface area contributed by atoms with Crippen molar-refractivity contribution >= 4 is 5.91 Å². The molecule has 0 bridgehead atoms. The van der Waals surface area contributed by atoms with Crippen LogP contribution in [0.5, 0.6) is 0 Å². The third kappa shape index (κ3) is 3.94. The molecule has 4 nitrogen and oxygen atoms in total. The molecule has 0 unspecified atom stereocenters. The Bertz CT molecular complexity index is 739. The van der Waals surface area contributed by atoms with Gasteiger partial charge in [-0.1, -0.05) is 18.2 Å². The Labute approximate surface area is 165 Å². The number of methoxy groups -OCH3 is 1. The van der Waals surface area contributed by atoms with E-state index >= 15 is 0 Å². The molecule has 2 aliphatic heterocycles. The van der Waals surface area contributed by atoms with Crippen LogP contribution in [0.15, 0.2) is 18.2 Å². The molecule has 28 heavy (non-hydrogen) atoms. The molecule has 1 aliphatic carbocycles. The lowest BCUT2D eigenvalue weighted by Crippen LogP contribution is -2.61. The molecule has 1 aromatic carbocycles. The number of rotatable bonds is 5. The van der Waals surface area contributed by atoms with Crippen molar-refractivity contribution in [3.8, 4) is 0 Å². The second-order valence-electron chi connectivity index (χ2n) is 8.80. The average molecular weight is 392 g/mol. The minimum Gasteiger partial charge on any atom is -0.383 e. The minimum absolute atomic E-state index is 0.117. The fourth-order valence-corrected chi connectivity index (χ4v) is 5.39. The molecular weight excluding hydrogens is 362 g/mol. The average Bonchev–Trinajstić information content (AvgIpc) is 3.09. The van der Waals surface area contributed by atoms with Crippen molar-refractivity contribution in [1.29, 1.82) is 0 Å². The summed E-state index contributed by atoms with van der Waals surface area (Å²) in [4.78, 5) is 16.7. The lowest BCUT2D eigenvalue weighted by Gasteiger charge is -2.49. The normalized spacial score (nSPS) is 27.4. The van der Waals surface area contributed by atoms with Crippen LogP contribution in [-0.2, 0) is 28.9 Å². The lowest BCUT2D eigenvalue weighted by atomic mass is 9.71. The Morgan fingerprint density at radius 1 is 1.14 bits per heavy atom. The molecule has 154 valence electrons. The number of carbonyl (C=O) groups is 1. The topological polar surface area (TPSA) is 32.8 Å². The molecule has 2 saturated heterocycles. The summed E-state index contributed by atoms with van der Waals surface area (Å²) in [5, 5.41) is 0. The standard InChI is InChI=1S/C22H30F2N2O2/c1-28-11-10-26-9-3-8-21(20(26)27)14-22(23,24)16-25(15-21)13-17-6-7-18-4-2-5-19(18)12-17/h6-7,12H,2-5,8-11,13-16H2,1H3/t21-/m0/s1. The van der Waals surface area contributed by atoms with Crippen LogP contribution in [0, 0.1) is 5.41 Å². The Morgan fingerprint density at radius 3 is 2.79 bits per heavy atom. The maximum atomic E-state index is 14.7. The van der Waals surface area contributed by atoms with Crippen molar-refractivity contribution in [2.75, 3.05) is 39.9 Å². The quantitative estimate of drug-likeness (QED) is 0.771. The Balaban J connectivity index is 1.52. The molecule has 3 aliphatic rings. The molecule has 0 N–H and O–H groups in total. The van der Waals surface area contributed by atoms with E-state index in [0.29, 0.717) is 39.2 Å². The number of ether oxygens (including phenoxy) is 1. The van der Waals surface area contributed by atoms with E-state index in [9.17, 15) is 13.6 Å². The fraction of sp³-hybridized carbons (Fsp3) is 0.682. The third-order valence-corrected chi connectivity index (χ3v) is 6.54. The largest absolute Gasteiger partial charge is 0.383 e. The molecule has 0 saturated carbocycles. The second kappa shape index (κ2) is 7.71. The van der Waals surface area contributed by atoms with Crippen LogP contribution >= 0.6 is 0 Å². The molecule has 1 aromatic rings. The number of piperidine rings is 2. The van der Waals surface area contributed by atoms with E-state index in [2.05, 4.69) is 18.2 Å². The minimum atomic E-state index is -2.84. The highest BCUT2D eigenvalue weighted by Gasteiger charge is 2.54. The number of aryl methyl sites for hydroxylation is 2. The summed E-state index contributed by atoms with van der Waals surface area (Å²) in [5.41, 5.74) is 2.86. The zero-order chi connectivity index (χ0) is 19.8. The number of amides is 1. The van der Waals surface area contributed by atoms with E-state index in [1.165, 1.54) is 17.5 Å². The van der Waals surface area contributed by atoms with Crippen LogP contribution in [0.1, 0.15) is 42.4 Å². The van der Waals surface area contributed by atoms with Crippen LogP contribution in [0.2, 0.25) is 0 Å². The highest BCUT2D eigenvalue weighted by atomic mass is 19.3. The van der Waals surface area contributed by atoms with Crippen molar-refractivity contribution in [2.24, 2.45) is 5.41 Å². The summed E-state index contributed by atoms with van der Waals surface area (Å²) in [6.45, 7) is 2.19. The predicted molar refractivity (Wildman–Crippen MR) is 103 cm³/mol. The molecule has 2 fully saturated rings. The summed E-state index contributed by atoms with van der Waals surface area (Å²) in [7, 11) is 1.59. The highest BCUT2D eigenvalue weighted by Crippen LogP contribution is 2.45. The van der Waals surface area contributed by atoms with Gasteiger partial charge in [0.1, 0.15) is 0 Å². The van der Waals surface area contributed by atoms with E-state index in [1.54, 1.807) is 16.9 Å². The van der Waals surface area contributed by atoms with Crippen LogP contribution in [0.4, 0.5) is 8.78 Å². The van der Waals surface area contributed by atoms with Gasteiger partial charge in [-0.25, -0.2) is 8.78 Å². The van der Waals surface area contributed by atoms with Gasteiger partial charge in [-0.2, -0.15) is 0 Å². The van der Waals surface area contributed by atoms with Crippen LogP contribution in [0.3, 0.4) is 0 Å². The number of fused-ring (bicyclic) bond motifs is 1. The van der Waals surface area contributed by atoms with E-state index in [1.807, 2.05) is 0 Å². The first kappa shape index (κ1) is 19.8. The first-order chi connectivity index (χ1) is 13.4. The second-order valence-corrected chi connectivity index (χ2v) is 8.80. The van der Waals surface area contributed by atoms with Crippen molar-refractivity contribution in [2.45, 2.75) is 51.0 Å². The fourth-order valence-electron chi connectivity index (χ4n) is 5.39. The van der Waals surface area contributed by atoms with Crippen LogP contribution in [-0.4, -0.2) is 61.5 Å². The van der Waals surface area contributed by atoms with E-state index < -0.39 is 11.3 Å². The van der Waals surface area contributed by atoms with Gasteiger partial charge in [0.25, 0.3) is 5.92 Å². The van der Waals surface area contributed by atoms with Gasteiger partial charge in [-0.15, -0.1) is 0 Å². The number of hydrogen-bond acceptors (Lipinski definition) is 3. The highest BCUT2D eigenvalue weighted by molar-refractivity contribution is 5.84. The van der Waals surface area contributed by atoms with Gasteiger partial charge in [-0.05, 0) is 48.8 Å². The van der Waals surface area contributed by atoms with Crippen LogP contribution < -0.4 is 0 Å².